The first-order valence-electron chi connectivity index (χ1n) is 8.91. The Morgan fingerprint density at radius 3 is 2.47 bits per heavy atom. The summed E-state index contributed by atoms with van der Waals surface area (Å²) in [4.78, 5) is 12.3. The lowest BCUT2D eigenvalue weighted by Gasteiger charge is -2.26. The van der Waals surface area contributed by atoms with Gasteiger partial charge in [0, 0.05) is 16.7 Å². The molecular formula is C23H14ClFN2O3. The van der Waals surface area contributed by atoms with Crippen molar-refractivity contribution >= 4 is 17.6 Å². The van der Waals surface area contributed by atoms with Gasteiger partial charge >= 0.3 is 5.97 Å². The van der Waals surface area contributed by atoms with Gasteiger partial charge in [0.05, 0.1) is 11.5 Å². The highest BCUT2D eigenvalue weighted by Gasteiger charge is 2.31. The number of hydrogen-bond donors (Lipinski definition) is 1. The molecule has 0 radical (unpaired) electrons. The van der Waals surface area contributed by atoms with Crippen molar-refractivity contribution in [2.24, 2.45) is 5.73 Å². The smallest absolute Gasteiger partial charge is 0.343 e. The third-order valence-corrected chi connectivity index (χ3v) is 4.94. The van der Waals surface area contributed by atoms with Crippen molar-refractivity contribution in [2.75, 3.05) is 0 Å². The Labute approximate surface area is 176 Å². The Morgan fingerprint density at radius 2 is 1.80 bits per heavy atom. The fourth-order valence-corrected chi connectivity index (χ4v) is 3.38. The quantitative estimate of drug-likeness (QED) is 0.480. The van der Waals surface area contributed by atoms with Gasteiger partial charge < -0.3 is 15.2 Å². The number of benzene rings is 3. The normalized spacial score (nSPS) is 15.0. The number of nitrogens with zero attached hydrogens (tertiary/aromatic N) is 1. The summed E-state index contributed by atoms with van der Waals surface area (Å²) in [6.07, 6.45) is 0. The van der Waals surface area contributed by atoms with Crippen LogP contribution in [0.15, 0.2) is 78.2 Å². The lowest BCUT2D eigenvalue weighted by molar-refractivity contribution is 0.0734. The summed E-state index contributed by atoms with van der Waals surface area (Å²) in [7, 11) is 0. The first-order valence-corrected chi connectivity index (χ1v) is 9.29. The minimum Gasteiger partial charge on any atom is -0.440 e. The molecule has 0 aromatic heterocycles. The van der Waals surface area contributed by atoms with Crippen LogP contribution in [0.3, 0.4) is 0 Å². The molecule has 30 heavy (non-hydrogen) atoms. The predicted molar refractivity (Wildman–Crippen MR) is 109 cm³/mol. The lowest BCUT2D eigenvalue weighted by Crippen LogP contribution is -2.21. The molecule has 3 aromatic rings. The Balaban J connectivity index is 1.68. The van der Waals surface area contributed by atoms with Crippen molar-refractivity contribution < 1.29 is 18.7 Å². The largest absolute Gasteiger partial charge is 0.440 e. The molecule has 5 nitrogen and oxygen atoms in total. The number of halogens is 2. The third-order valence-electron chi connectivity index (χ3n) is 4.68. The number of carbonyl (C=O) groups excluding carboxylic acids is 1. The maximum atomic E-state index is 13.0. The van der Waals surface area contributed by atoms with E-state index in [1.165, 1.54) is 30.3 Å². The molecule has 0 fully saturated rings. The van der Waals surface area contributed by atoms with Crippen molar-refractivity contribution in [3.8, 4) is 17.6 Å². The molecule has 1 atom stereocenters. The van der Waals surface area contributed by atoms with E-state index in [1.54, 1.807) is 24.3 Å². The molecule has 2 N–H and O–H groups in total. The van der Waals surface area contributed by atoms with Gasteiger partial charge in [-0.15, -0.1) is 0 Å². The minimum absolute atomic E-state index is 0.0213. The highest BCUT2D eigenvalue weighted by molar-refractivity contribution is 6.30. The second-order valence-corrected chi connectivity index (χ2v) is 7.01. The number of esters is 1. The van der Waals surface area contributed by atoms with Gasteiger partial charge in [0.15, 0.2) is 0 Å². The maximum Gasteiger partial charge on any atom is 0.343 e. The number of nitriles is 1. The number of ether oxygens (including phenoxy) is 2. The average Bonchev–Trinajstić information content (AvgIpc) is 2.74. The standard InChI is InChI=1S/C23H14ClFN2O3/c24-15-5-1-13(2-6-15)21-18-10-9-17(11-20(18)30-22(27)19(21)12-26)29-23(28)14-3-7-16(25)8-4-14/h1-11,21H,27H2. The summed E-state index contributed by atoms with van der Waals surface area (Å²) in [5.41, 5.74) is 7.99. The van der Waals surface area contributed by atoms with Crippen LogP contribution >= 0.6 is 11.6 Å². The van der Waals surface area contributed by atoms with Gasteiger partial charge in [-0.2, -0.15) is 5.26 Å². The first-order chi connectivity index (χ1) is 14.5. The Morgan fingerprint density at radius 1 is 1.10 bits per heavy atom. The first kappa shape index (κ1) is 19.5. The second kappa shape index (κ2) is 7.90. The van der Waals surface area contributed by atoms with E-state index in [9.17, 15) is 14.4 Å². The summed E-state index contributed by atoms with van der Waals surface area (Å²) in [6.45, 7) is 0. The van der Waals surface area contributed by atoms with Crippen LogP contribution in [0.4, 0.5) is 4.39 Å². The van der Waals surface area contributed by atoms with E-state index in [1.807, 2.05) is 12.1 Å². The Kier molecular flexibility index (Phi) is 5.13. The van der Waals surface area contributed by atoms with Gasteiger partial charge in [-0.1, -0.05) is 29.8 Å². The van der Waals surface area contributed by atoms with Crippen LogP contribution in [0.25, 0.3) is 0 Å². The fraction of sp³-hybridized carbons (Fsp3) is 0.0435. The summed E-state index contributed by atoms with van der Waals surface area (Å²) >= 11 is 5.98. The summed E-state index contributed by atoms with van der Waals surface area (Å²) in [5.74, 6) is -0.953. The summed E-state index contributed by atoms with van der Waals surface area (Å²) in [6, 6.07) is 19.1. The van der Waals surface area contributed by atoms with Crippen LogP contribution in [0.5, 0.6) is 11.5 Å². The predicted octanol–water partition coefficient (Wildman–Crippen LogP) is 4.92. The molecule has 1 aliphatic heterocycles. The SMILES string of the molecule is N#CC1=C(N)Oc2cc(OC(=O)c3ccc(F)cc3)ccc2C1c1ccc(Cl)cc1. The van der Waals surface area contributed by atoms with E-state index >= 15 is 0 Å². The molecule has 0 saturated carbocycles. The van der Waals surface area contributed by atoms with Gasteiger partial charge in [-0.05, 0) is 48.0 Å². The molecule has 7 heteroatoms. The van der Waals surface area contributed by atoms with Crippen LogP contribution in [-0.4, -0.2) is 5.97 Å². The molecule has 0 aliphatic carbocycles. The van der Waals surface area contributed by atoms with Crippen molar-refractivity contribution in [2.45, 2.75) is 5.92 Å². The maximum absolute atomic E-state index is 13.0. The monoisotopic (exact) mass is 420 g/mol. The Bertz CT molecular complexity index is 1200. The average molecular weight is 421 g/mol. The van der Waals surface area contributed by atoms with Crippen LogP contribution < -0.4 is 15.2 Å². The molecule has 0 saturated heterocycles. The molecular weight excluding hydrogens is 407 g/mol. The third kappa shape index (κ3) is 3.71. The zero-order valence-electron chi connectivity index (χ0n) is 15.4. The highest BCUT2D eigenvalue weighted by atomic mass is 35.5. The van der Waals surface area contributed by atoms with Gasteiger partial charge in [0.1, 0.15) is 29.0 Å². The Hall–Kier alpha value is -3.82. The zero-order chi connectivity index (χ0) is 21.3. The van der Waals surface area contributed by atoms with E-state index in [0.717, 1.165) is 5.56 Å². The summed E-state index contributed by atoms with van der Waals surface area (Å²) in [5, 5.41) is 10.2. The number of hydrogen-bond acceptors (Lipinski definition) is 5. The molecule has 1 unspecified atom stereocenters. The van der Waals surface area contributed by atoms with Gasteiger partial charge in [-0.25, -0.2) is 9.18 Å². The van der Waals surface area contributed by atoms with E-state index in [0.29, 0.717) is 16.3 Å². The topological polar surface area (TPSA) is 85.3 Å². The highest BCUT2D eigenvalue weighted by Crippen LogP contribution is 2.43. The molecule has 0 amide bonds. The lowest BCUT2D eigenvalue weighted by atomic mass is 9.83. The zero-order valence-corrected chi connectivity index (χ0v) is 16.2. The van der Waals surface area contributed by atoms with Crippen molar-refractivity contribution in [3.63, 3.8) is 0 Å². The van der Waals surface area contributed by atoms with E-state index in [4.69, 9.17) is 26.8 Å². The van der Waals surface area contributed by atoms with Crippen LogP contribution in [0.1, 0.15) is 27.4 Å². The number of nitrogens with two attached hydrogens (primary N) is 1. The van der Waals surface area contributed by atoms with Crippen LogP contribution in [0.2, 0.25) is 5.02 Å². The van der Waals surface area contributed by atoms with Gasteiger partial charge in [0.2, 0.25) is 5.88 Å². The molecule has 4 rings (SSSR count). The molecule has 0 bridgehead atoms. The van der Waals surface area contributed by atoms with Crippen molar-refractivity contribution in [3.05, 3.63) is 106 Å². The minimum atomic E-state index is -0.638. The number of fused-ring (bicyclic) bond motifs is 1. The van der Waals surface area contributed by atoms with E-state index < -0.39 is 17.7 Å². The molecule has 148 valence electrons. The summed E-state index contributed by atoms with van der Waals surface area (Å²) < 4.78 is 24.0. The number of allylic oxidation sites excluding steroid dienone is 1. The van der Waals surface area contributed by atoms with Crippen LogP contribution in [0, 0.1) is 17.1 Å². The van der Waals surface area contributed by atoms with Gasteiger partial charge in [-0.3, -0.25) is 0 Å². The number of carbonyl (C=O) groups is 1. The van der Waals surface area contributed by atoms with Crippen LogP contribution in [-0.2, 0) is 0 Å². The number of rotatable bonds is 3. The molecule has 1 heterocycles. The van der Waals surface area contributed by atoms with E-state index in [2.05, 4.69) is 6.07 Å². The molecule has 0 spiro atoms. The van der Waals surface area contributed by atoms with Crippen molar-refractivity contribution in [1.29, 1.82) is 5.26 Å². The second-order valence-electron chi connectivity index (χ2n) is 6.57. The van der Waals surface area contributed by atoms with E-state index in [-0.39, 0.29) is 22.8 Å². The van der Waals surface area contributed by atoms with Crippen molar-refractivity contribution in [1.82, 2.24) is 0 Å². The molecule has 3 aromatic carbocycles. The fourth-order valence-electron chi connectivity index (χ4n) is 3.25. The molecule has 1 aliphatic rings. The van der Waals surface area contributed by atoms with Gasteiger partial charge in [0.25, 0.3) is 0 Å².